The van der Waals surface area contributed by atoms with E-state index in [-0.39, 0.29) is 5.91 Å². The Morgan fingerprint density at radius 1 is 1.18 bits per heavy atom. The van der Waals surface area contributed by atoms with Gasteiger partial charge in [0, 0.05) is 17.0 Å². The lowest BCUT2D eigenvalue weighted by molar-refractivity contribution is 0.0601. The third-order valence-electron chi connectivity index (χ3n) is 4.58. The number of rotatable bonds is 8. The highest BCUT2D eigenvalue weighted by Crippen LogP contribution is 2.38. The molecule has 0 radical (unpaired) electrons. The Labute approximate surface area is 168 Å². The van der Waals surface area contributed by atoms with E-state index in [4.69, 9.17) is 14.2 Å². The maximum atomic E-state index is 12.8. The molecule has 150 valence electrons. The molecule has 0 unspecified atom stereocenters. The summed E-state index contributed by atoms with van der Waals surface area (Å²) in [5, 5.41) is 3.46. The van der Waals surface area contributed by atoms with Crippen molar-refractivity contribution in [2.24, 2.45) is 0 Å². The number of aryl methyl sites for hydroxylation is 1. The van der Waals surface area contributed by atoms with Crippen LogP contribution in [0.3, 0.4) is 0 Å². The molecule has 0 atom stereocenters. The smallest absolute Gasteiger partial charge is 0.341 e. The molecule has 1 aromatic carbocycles. The van der Waals surface area contributed by atoms with Gasteiger partial charge in [-0.1, -0.05) is 6.07 Å². The molecule has 1 aliphatic carbocycles. The maximum Gasteiger partial charge on any atom is 0.341 e. The van der Waals surface area contributed by atoms with Gasteiger partial charge in [0.2, 0.25) is 0 Å². The number of anilines is 1. The molecular weight excluding hydrogens is 378 g/mol. The fourth-order valence-corrected chi connectivity index (χ4v) is 4.51. The van der Waals surface area contributed by atoms with Crippen LogP contribution in [0.25, 0.3) is 0 Å². The molecule has 0 saturated carbocycles. The van der Waals surface area contributed by atoms with Crippen molar-refractivity contribution < 1.29 is 23.8 Å². The Bertz CT molecular complexity index is 845. The molecule has 6 nitrogen and oxygen atoms in total. The average Bonchev–Trinajstić information content (AvgIpc) is 3.08. The van der Waals surface area contributed by atoms with Crippen LogP contribution in [-0.4, -0.2) is 38.8 Å². The standard InChI is InChI=1S/C21H25NO5S/c1-3-26-11-12-27-15-8-6-7-14(13-15)19(23)22-20-18(21(24)25-2)16-9-4-5-10-17(16)28-20/h6-8,13H,3-5,9-12H2,1-2H3,(H,22,23). The predicted octanol–water partition coefficient (Wildman–Crippen LogP) is 4.08. The van der Waals surface area contributed by atoms with Crippen molar-refractivity contribution in [3.05, 3.63) is 45.8 Å². The summed E-state index contributed by atoms with van der Waals surface area (Å²) in [6.45, 7) is 3.48. The van der Waals surface area contributed by atoms with Crippen LogP contribution in [0.15, 0.2) is 24.3 Å². The molecule has 1 amide bonds. The summed E-state index contributed by atoms with van der Waals surface area (Å²) >= 11 is 1.47. The van der Waals surface area contributed by atoms with Crippen molar-refractivity contribution >= 4 is 28.2 Å². The van der Waals surface area contributed by atoms with Gasteiger partial charge in [0.15, 0.2) is 0 Å². The van der Waals surface area contributed by atoms with Crippen LogP contribution in [0.4, 0.5) is 5.00 Å². The molecule has 0 bridgehead atoms. The minimum atomic E-state index is -0.400. The minimum absolute atomic E-state index is 0.279. The number of nitrogens with one attached hydrogen (secondary N) is 1. The van der Waals surface area contributed by atoms with E-state index in [1.54, 1.807) is 24.3 Å². The monoisotopic (exact) mass is 403 g/mol. The van der Waals surface area contributed by atoms with Crippen LogP contribution in [0.5, 0.6) is 5.75 Å². The van der Waals surface area contributed by atoms with Crippen LogP contribution in [0, 0.1) is 0 Å². The first-order chi connectivity index (χ1) is 13.6. The average molecular weight is 404 g/mol. The molecule has 28 heavy (non-hydrogen) atoms. The maximum absolute atomic E-state index is 12.8. The normalized spacial score (nSPS) is 12.9. The number of thiophene rings is 1. The second-order valence-corrected chi connectivity index (χ2v) is 7.54. The van der Waals surface area contributed by atoms with Crippen LogP contribution in [0.2, 0.25) is 0 Å². The second kappa shape index (κ2) is 9.71. The van der Waals surface area contributed by atoms with Crippen molar-refractivity contribution in [3.8, 4) is 5.75 Å². The third kappa shape index (κ3) is 4.72. The second-order valence-electron chi connectivity index (χ2n) is 6.43. The number of methoxy groups -OCH3 is 1. The number of fused-ring (bicyclic) bond motifs is 1. The first-order valence-electron chi connectivity index (χ1n) is 9.48. The van der Waals surface area contributed by atoms with Crippen molar-refractivity contribution in [3.63, 3.8) is 0 Å². The molecule has 1 aliphatic rings. The topological polar surface area (TPSA) is 73.9 Å². The fraction of sp³-hybridized carbons (Fsp3) is 0.429. The lowest BCUT2D eigenvalue weighted by Gasteiger charge is -2.12. The van der Waals surface area contributed by atoms with Gasteiger partial charge >= 0.3 is 5.97 Å². The Morgan fingerprint density at radius 2 is 2.00 bits per heavy atom. The highest BCUT2D eigenvalue weighted by atomic mass is 32.1. The highest BCUT2D eigenvalue weighted by molar-refractivity contribution is 7.17. The van der Waals surface area contributed by atoms with E-state index in [1.165, 1.54) is 18.4 Å². The van der Waals surface area contributed by atoms with Gasteiger partial charge in [0.1, 0.15) is 17.4 Å². The van der Waals surface area contributed by atoms with Crippen LogP contribution < -0.4 is 10.1 Å². The van der Waals surface area contributed by atoms with Gasteiger partial charge in [-0.25, -0.2) is 4.79 Å². The summed E-state index contributed by atoms with van der Waals surface area (Å²) in [6, 6.07) is 6.97. The quantitative estimate of drug-likeness (QED) is 0.531. The molecule has 1 heterocycles. The lowest BCUT2D eigenvalue weighted by atomic mass is 9.95. The highest BCUT2D eigenvalue weighted by Gasteiger charge is 2.27. The molecule has 0 saturated heterocycles. The zero-order chi connectivity index (χ0) is 19.9. The molecule has 0 spiro atoms. The van der Waals surface area contributed by atoms with E-state index < -0.39 is 5.97 Å². The predicted molar refractivity (Wildman–Crippen MR) is 109 cm³/mol. The fourth-order valence-electron chi connectivity index (χ4n) is 3.24. The van der Waals surface area contributed by atoms with Gasteiger partial charge in [0.25, 0.3) is 5.91 Å². The molecule has 7 heteroatoms. The molecule has 0 aliphatic heterocycles. The number of esters is 1. The lowest BCUT2D eigenvalue weighted by Crippen LogP contribution is -2.15. The van der Waals surface area contributed by atoms with Crippen molar-refractivity contribution in [2.75, 3.05) is 32.2 Å². The first-order valence-corrected chi connectivity index (χ1v) is 10.3. The Morgan fingerprint density at radius 3 is 2.79 bits per heavy atom. The van der Waals surface area contributed by atoms with E-state index in [0.717, 1.165) is 36.1 Å². The van der Waals surface area contributed by atoms with Gasteiger partial charge in [0.05, 0.1) is 19.3 Å². The number of carbonyl (C=O) groups excluding carboxylic acids is 2. The summed E-state index contributed by atoms with van der Waals surface area (Å²) in [4.78, 5) is 26.3. The number of ether oxygens (including phenoxy) is 3. The molecule has 3 rings (SSSR count). The number of hydrogen-bond donors (Lipinski definition) is 1. The van der Waals surface area contributed by atoms with Gasteiger partial charge in [-0.3, -0.25) is 4.79 Å². The summed E-state index contributed by atoms with van der Waals surface area (Å²) in [5.74, 6) is -0.0762. The minimum Gasteiger partial charge on any atom is -0.491 e. The summed E-state index contributed by atoms with van der Waals surface area (Å²) in [6.07, 6.45) is 3.92. The van der Waals surface area contributed by atoms with E-state index in [0.29, 0.717) is 41.7 Å². The van der Waals surface area contributed by atoms with E-state index in [1.807, 2.05) is 6.92 Å². The summed E-state index contributed by atoms with van der Waals surface area (Å²) in [7, 11) is 1.36. The molecular formula is C21H25NO5S. The van der Waals surface area contributed by atoms with Crippen LogP contribution >= 0.6 is 11.3 Å². The van der Waals surface area contributed by atoms with E-state index in [2.05, 4.69) is 5.32 Å². The molecule has 1 aromatic heterocycles. The van der Waals surface area contributed by atoms with E-state index >= 15 is 0 Å². The number of hydrogen-bond acceptors (Lipinski definition) is 6. The Kier molecular flexibility index (Phi) is 7.06. The van der Waals surface area contributed by atoms with Crippen LogP contribution in [0.1, 0.15) is 50.9 Å². The zero-order valence-electron chi connectivity index (χ0n) is 16.2. The SMILES string of the molecule is CCOCCOc1cccc(C(=O)Nc2sc3c(c2C(=O)OC)CCCC3)c1. The largest absolute Gasteiger partial charge is 0.491 e. The van der Waals surface area contributed by atoms with Gasteiger partial charge in [-0.2, -0.15) is 0 Å². The van der Waals surface area contributed by atoms with Crippen molar-refractivity contribution in [1.29, 1.82) is 0 Å². The zero-order valence-corrected chi connectivity index (χ0v) is 17.0. The number of carbonyl (C=O) groups is 2. The van der Waals surface area contributed by atoms with Gasteiger partial charge < -0.3 is 19.5 Å². The van der Waals surface area contributed by atoms with Gasteiger partial charge in [-0.05, 0) is 56.4 Å². The molecule has 1 N–H and O–H groups in total. The number of amides is 1. The van der Waals surface area contributed by atoms with Gasteiger partial charge in [-0.15, -0.1) is 11.3 Å². The summed E-state index contributed by atoms with van der Waals surface area (Å²) in [5.41, 5.74) is 1.99. The van der Waals surface area contributed by atoms with Crippen molar-refractivity contribution in [2.45, 2.75) is 32.6 Å². The Hall–Kier alpha value is -2.38. The van der Waals surface area contributed by atoms with E-state index in [9.17, 15) is 9.59 Å². The third-order valence-corrected chi connectivity index (χ3v) is 5.79. The molecule has 0 fully saturated rings. The Balaban J connectivity index is 1.76. The first kappa shape index (κ1) is 20.4. The summed E-state index contributed by atoms with van der Waals surface area (Å²) < 4.78 is 15.8. The molecule has 2 aromatic rings. The number of benzene rings is 1. The van der Waals surface area contributed by atoms with Crippen molar-refractivity contribution in [1.82, 2.24) is 0 Å². The van der Waals surface area contributed by atoms with Crippen LogP contribution in [-0.2, 0) is 22.3 Å².